The van der Waals surface area contributed by atoms with Crippen molar-refractivity contribution in [1.82, 2.24) is 10.4 Å². The molecule has 1 heterocycles. The van der Waals surface area contributed by atoms with Crippen molar-refractivity contribution in [3.05, 3.63) is 35.9 Å². The number of hydrogen-bond acceptors (Lipinski definition) is 3. The SMILES string of the molecule is C[C@@H](c1ccccc1)N(C)C(=O)NO[C@H]1CCCCO1. The Kier molecular flexibility index (Phi) is 5.38. The summed E-state index contributed by atoms with van der Waals surface area (Å²) in [5.74, 6) is 0. The fourth-order valence-electron chi connectivity index (χ4n) is 2.12. The fourth-order valence-corrected chi connectivity index (χ4v) is 2.12. The van der Waals surface area contributed by atoms with Crippen LogP contribution in [-0.2, 0) is 9.57 Å². The number of carbonyl (C=O) groups is 1. The second-order valence-corrected chi connectivity index (χ2v) is 5.02. The van der Waals surface area contributed by atoms with E-state index in [9.17, 15) is 4.79 Å². The molecule has 1 aliphatic heterocycles. The molecule has 0 spiro atoms. The number of hydrogen-bond donors (Lipinski definition) is 1. The molecule has 1 aromatic carbocycles. The highest BCUT2D eigenvalue weighted by atomic mass is 16.8. The Bertz CT molecular complexity index is 418. The molecule has 110 valence electrons. The second-order valence-electron chi connectivity index (χ2n) is 5.02. The van der Waals surface area contributed by atoms with Crippen LogP contribution in [0, 0.1) is 0 Å². The first-order chi connectivity index (χ1) is 9.68. The molecule has 0 bridgehead atoms. The van der Waals surface area contributed by atoms with Gasteiger partial charge in [0.2, 0.25) is 0 Å². The van der Waals surface area contributed by atoms with Gasteiger partial charge in [0, 0.05) is 20.1 Å². The maximum absolute atomic E-state index is 12.0. The third kappa shape index (κ3) is 3.95. The predicted octanol–water partition coefficient (Wildman–Crippen LogP) is 2.85. The summed E-state index contributed by atoms with van der Waals surface area (Å²) in [5, 5.41) is 0. The maximum atomic E-state index is 12.0. The van der Waals surface area contributed by atoms with E-state index >= 15 is 0 Å². The van der Waals surface area contributed by atoms with Crippen molar-refractivity contribution in [3.8, 4) is 0 Å². The number of ether oxygens (including phenoxy) is 1. The molecule has 1 fully saturated rings. The van der Waals surface area contributed by atoms with Gasteiger partial charge in [0.15, 0.2) is 6.29 Å². The minimum atomic E-state index is -0.326. The van der Waals surface area contributed by atoms with E-state index in [0.29, 0.717) is 6.61 Å². The average molecular weight is 278 g/mol. The summed E-state index contributed by atoms with van der Waals surface area (Å²) >= 11 is 0. The van der Waals surface area contributed by atoms with Gasteiger partial charge in [0.1, 0.15) is 0 Å². The van der Waals surface area contributed by atoms with Crippen LogP contribution < -0.4 is 5.48 Å². The third-order valence-corrected chi connectivity index (χ3v) is 3.60. The van der Waals surface area contributed by atoms with Gasteiger partial charge in [-0.2, -0.15) is 0 Å². The molecule has 1 aliphatic rings. The molecule has 0 saturated carbocycles. The van der Waals surface area contributed by atoms with E-state index in [4.69, 9.17) is 9.57 Å². The lowest BCUT2D eigenvalue weighted by atomic mass is 10.1. The lowest BCUT2D eigenvalue weighted by Crippen LogP contribution is -2.41. The maximum Gasteiger partial charge on any atom is 0.341 e. The Morgan fingerprint density at radius 2 is 2.15 bits per heavy atom. The van der Waals surface area contributed by atoms with Gasteiger partial charge in [-0.1, -0.05) is 30.3 Å². The largest absolute Gasteiger partial charge is 0.350 e. The van der Waals surface area contributed by atoms with Gasteiger partial charge >= 0.3 is 6.03 Å². The van der Waals surface area contributed by atoms with Crippen molar-refractivity contribution < 1.29 is 14.4 Å². The van der Waals surface area contributed by atoms with Gasteiger partial charge in [-0.05, 0) is 25.3 Å². The molecule has 1 aromatic rings. The van der Waals surface area contributed by atoms with Crippen molar-refractivity contribution in [2.75, 3.05) is 13.7 Å². The van der Waals surface area contributed by atoms with Gasteiger partial charge in [-0.3, -0.25) is 0 Å². The molecule has 2 rings (SSSR count). The molecule has 0 aliphatic carbocycles. The normalized spacial score (nSPS) is 20.2. The van der Waals surface area contributed by atoms with E-state index in [2.05, 4.69) is 5.48 Å². The van der Waals surface area contributed by atoms with Crippen LogP contribution in [0.3, 0.4) is 0 Å². The number of amides is 2. The standard InChI is InChI=1S/C15H22N2O3/c1-12(13-8-4-3-5-9-13)17(2)15(18)16-20-14-10-6-7-11-19-14/h3-5,8-9,12,14H,6-7,10-11H2,1-2H3,(H,16,18)/t12-,14-/m0/s1. The first-order valence-electron chi connectivity index (χ1n) is 7.03. The monoisotopic (exact) mass is 278 g/mol. The number of benzene rings is 1. The van der Waals surface area contributed by atoms with Crippen LogP contribution >= 0.6 is 0 Å². The number of nitrogens with one attached hydrogen (secondary N) is 1. The minimum Gasteiger partial charge on any atom is -0.350 e. The summed E-state index contributed by atoms with van der Waals surface area (Å²) in [6, 6.07) is 9.59. The highest BCUT2D eigenvalue weighted by Crippen LogP contribution is 2.18. The van der Waals surface area contributed by atoms with Crippen molar-refractivity contribution >= 4 is 6.03 Å². The van der Waals surface area contributed by atoms with Crippen LogP contribution in [0.25, 0.3) is 0 Å². The van der Waals surface area contributed by atoms with E-state index in [1.54, 1.807) is 11.9 Å². The number of urea groups is 1. The lowest BCUT2D eigenvalue weighted by molar-refractivity contribution is -0.187. The van der Waals surface area contributed by atoms with E-state index < -0.39 is 0 Å². The molecule has 0 radical (unpaired) electrons. The molecule has 0 unspecified atom stereocenters. The first-order valence-corrected chi connectivity index (χ1v) is 7.03. The number of rotatable bonds is 4. The molecule has 1 N–H and O–H groups in total. The Hall–Kier alpha value is -1.59. The lowest BCUT2D eigenvalue weighted by Gasteiger charge is -2.27. The summed E-state index contributed by atoms with van der Waals surface area (Å²) in [4.78, 5) is 18.9. The van der Waals surface area contributed by atoms with E-state index in [-0.39, 0.29) is 18.4 Å². The van der Waals surface area contributed by atoms with Crippen molar-refractivity contribution in [1.29, 1.82) is 0 Å². The Morgan fingerprint density at radius 3 is 2.80 bits per heavy atom. The van der Waals surface area contributed by atoms with Crippen LogP contribution in [0.4, 0.5) is 4.79 Å². The molecule has 1 saturated heterocycles. The average Bonchev–Trinajstić information content (AvgIpc) is 2.53. The summed E-state index contributed by atoms with van der Waals surface area (Å²) in [5.41, 5.74) is 3.55. The van der Waals surface area contributed by atoms with Gasteiger partial charge in [-0.25, -0.2) is 15.1 Å². The van der Waals surface area contributed by atoms with Crippen LogP contribution in [0.15, 0.2) is 30.3 Å². The molecular weight excluding hydrogens is 256 g/mol. The van der Waals surface area contributed by atoms with Crippen molar-refractivity contribution in [2.45, 2.75) is 38.5 Å². The third-order valence-electron chi connectivity index (χ3n) is 3.60. The zero-order valence-corrected chi connectivity index (χ0v) is 12.0. The van der Waals surface area contributed by atoms with Crippen LogP contribution in [0.5, 0.6) is 0 Å². The summed E-state index contributed by atoms with van der Waals surface area (Å²) < 4.78 is 5.40. The zero-order valence-electron chi connectivity index (χ0n) is 12.0. The highest BCUT2D eigenvalue weighted by Gasteiger charge is 2.20. The van der Waals surface area contributed by atoms with Gasteiger partial charge < -0.3 is 9.64 Å². The number of nitrogens with zero attached hydrogens (tertiary/aromatic N) is 1. The first kappa shape index (κ1) is 14.8. The topological polar surface area (TPSA) is 50.8 Å². The Balaban J connectivity index is 1.82. The van der Waals surface area contributed by atoms with Crippen LogP contribution in [0.1, 0.15) is 37.8 Å². The molecule has 20 heavy (non-hydrogen) atoms. The highest BCUT2D eigenvalue weighted by molar-refractivity contribution is 5.73. The smallest absolute Gasteiger partial charge is 0.341 e. The van der Waals surface area contributed by atoms with Crippen molar-refractivity contribution in [3.63, 3.8) is 0 Å². The van der Waals surface area contributed by atoms with E-state index in [1.165, 1.54) is 0 Å². The minimum absolute atomic E-state index is 0.0212. The molecule has 5 nitrogen and oxygen atoms in total. The summed E-state index contributed by atoms with van der Waals surface area (Å²) in [6.07, 6.45) is 2.61. The van der Waals surface area contributed by atoms with E-state index in [0.717, 1.165) is 24.8 Å². The Labute approximate surface area is 119 Å². The van der Waals surface area contributed by atoms with Crippen LogP contribution in [0.2, 0.25) is 0 Å². The van der Waals surface area contributed by atoms with Crippen molar-refractivity contribution in [2.24, 2.45) is 0 Å². The summed E-state index contributed by atoms with van der Waals surface area (Å²) in [7, 11) is 1.75. The zero-order chi connectivity index (χ0) is 14.4. The molecule has 5 heteroatoms. The fraction of sp³-hybridized carbons (Fsp3) is 0.533. The molecule has 2 atom stereocenters. The Morgan fingerprint density at radius 1 is 1.40 bits per heavy atom. The van der Waals surface area contributed by atoms with Crippen LogP contribution in [-0.4, -0.2) is 30.9 Å². The van der Waals surface area contributed by atoms with Gasteiger partial charge in [-0.15, -0.1) is 0 Å². The molecule has 2 amide bonds. The van der Waals surface area contributed by atoms with Gasteiger partial charge in [0.05, 0.1) is 6.04 Å². The quantitative estimate of drug-likeness (QED) is 0.862. The summed E-state index contributed by atoms with van der Waals surface area (Å²) in [6.45, 7) is 2.67. The van der Waals surface area contributed by atoms with E-state index in [1.807, 2.05) is 37.3 Å². The predicted molar refractivity (Wildman–Crippen MR) is 75.8 cm³/mol. The molecular formula is C15H22N2O3. The number of hydroxylamine groups is 1. The molecule has 0 aromatic heterocycles. The second kappa shape index (κ2) is 7.26. The number of carbonyl (C=O) groups excluding carboxylic acids is 1. The van der Waals surface area contributed by atoms with Gasteiger partial charge in [0.25, 0.3) is 0 Å².